The van der Waals surface area contributed by atoms with Crippen LogP contribution in [0.2, 0.25) is 0 Å². The molecule has 0 bridgehead atoms. The van der Waals surface area contributed by atoms with Gasteiger partial charge in [0.25, 0.3) is 0 Å². The highest BCUT2D eigenvalue weighted by Crippen LogP contribution is 2.26. The molecule has 0 radical (unpaired) electrons. The Morgan fingerprint density at radius 1 is 1.10 bits per heavy atom. The molecule has 2 fully saturated rings. The molecule has 156 valence electrons. The molecular formula is C23H32N4O2. The van der Waals surface area contributed by atoms with E-state index >= 15 is 0 Å². The summed E-state index contributed by atoms with van der Waals surface area (Å²) in [5.41, 5.74) is 2.06. The molecular weight excluding hydrogens is 364 g/mol. The van der Waals surface area contributed by atoms with Crippen molar-refractivity contribution in [2.75, 3.05) is 26.2 Å². The fourth-order valence-corrected chi connectivity index (χ4v) is 4.87. The van der Waals surface area contributed by atoms with Gasteiger partial charge in [0, 0.05) is 49.6 Å². The van der Waals surface area contributed by atoms with Crippen molar-refractivity contribution in [2.45, 2.75) is 57.5 Å². The molecule has 1 aromatic heterocycles. The van der Waals surface area contributed by atoms with E-state index in [9.17, 15) is 9.59 Å². The summed E-state index contributed by atoms with van der Waals surface area (Å²) in [6.07, 6.45) is 12.7. The van der Waals surface area contributed by atoms with Crippen LogP contribution in [-0.2, 0) is 16.1 Å². The number of carbonyl (C=O) groups is 2. The maximum absolute atomic E-state index is 12.6. The fraction of sp³-hybridized carbons (Fsp3) is 0.609. The first-order valence-electron chi connectivity index (χ1n) is 11.1. The molecule has 1 N–H and O–H groups in total. The minimum absolute atomic E-state index is 0.110. The van der Waals surface area contributed by atoms with E-state index in [1.54, 1.807) is 12.4 Å². The van der Waals surface area contributed by atoms with Gasteiger partial charge in [-0.2, -0.15) is 0 Å². The Hall–Kier alpha value is -2.21. The number of nitrogens with one attached hydrogen (secondary N) is 1. The third kappa shape index (κ3) is 5.04. The summed E-state index contributed by atoms with van der Waals surface area (Å²) in [6, 6.07) is 4.43. The number of hydrogen-bond acceptors (Lipinski definition) is 4. The first-order chi connectivity index (χ1) is 14.2. The summed E-state index contributed by atoms with van der Waals surface area (Å²) in [7, 11) is 0. The van der Waals surface area contributed by atoms with Crippen molar-refractivity contribution in [3.63, 3.8) is 0 Å². The number of allylic oxidation sites excluding steroid dienone is 1. The lowest BCUT2D eigenvalue weighted by Crippen LogP contribution is -2.50. The molecule has 0 saturated carbocycles. The molecule has 2 amide bonds. The van der Waals surface area contributed by atoms with Crippen LogP contribution >= 0.6 is 0 Å². The number of aromatic nitrogens is 1. The van der Waals surface area contributed by atoms with Gasteiger partial charge in [-0.3, -0.25) is 14.6 Å². The Morgan fingerprint density at radius 3 is 2.55 bits per heavy atom. The van der Waals surface area contributed by atoms with Gasteiger partial charge in [-0.25, -0.2) is 0 Å². The van der Waals surface area contributed by atoms with Crippen LogP contribution in [0, 0.1) is 5.92 Å². The lowest BCUT2D eigenvalue weighted by molar-refractivity contribution is -0.130. The van der Waals surface area contributed by atoms with E-state index in [1.807, 2.05) is 17.0 Å². The van der Waals surface area contributed by atoms with Gasteiger partial charge in [-0.1, -0.05) is 12.1 Å². The maximum Gasteiger partial charge on any atom is 0.249 e. The lowest BCUT2D eigenvalue weighted by atomic mass is 9.92. The molecule has 1 aliphatic carbocycles. The molecule has 1 aromatic rings. The van der Waals surface area contributed by atoms with E-state index in [4.69, 9.17) is 0 Å². The second kappa shape index (κ2) is 9.53. The zero-order valence-corrected chi connectivity index (χ0v) is 17.2. The van der Waals surface area contributed by atoms with Crippen LogP contribution in [0.1, 0.15) is 50.5 Å². The number of amides is 2. The van der Waals surface area contributed by atoms with Crippen LogP contribution in [0.25, 0.3) is 0 Å². The summed E-state index contributed by atoms with van der Waals surface area (Å²) in [4.78, 5) is 33.7. The van der Waals surface area contributed by atoms with Gasteiger partial charge in [0.1, 0.15) is 0 Å². The summed E-state index contributed by atoms with van der Waals surface area (Å²) >= 11 is 0. The van der Waals surface area contributed by atoms with Gasteiger partial charge in [0.05, 0.1) is 0 Å². The van der Waals surface area contributed by atoms with Crippen molar-refractivity contribution >= 4 is 11.8 Å². The largest absolute Gasteiger partial charge is 0.352 e. The topological polar surface area (TPSA) is 65.5 Å². The normalized spacial score (nSPS) is 21.8. The summed E-state index contributed by atoms with van der Waals surface area (Å²) in [6.45, 7) is 4.25. The molecule has 0 atom stereocenters. The van der Waals surface area contributed by atoms with Crippen LogP contribution in [0.15, 0.2) is 36.2 Å². The smallest absolute Gasteiger partial charge is 0.249 e. The van der Waals surface area contributed by atoms with E-state index in [-0.39, 0.29) is 17.7 Å². The molecule has 0 unspecified atom stereocenters. The number of hydrogen-bond donors (Lipinski definition) is 1. The van der Waals surface area contributed by atoms with Crippen molar-refractivity contribution in [3.05, 3.63) is 41.7 Å². The molecule has 2 saturated heterocycles. The average molecular weight is 397 g/mol. The molecule has 0 spiro atoms. The number of likely N-dealkylation sites (tertiary alicyclic amines) is 2. The Morgan fingerprint density at radius 2 is 1.90 bits per heavy atom. The van der Waals surface area contributed by atoms with Gasteiger partial charge in [0.15, 0.2) is 0 Å². The standard InChI is InChI=1S/C23H32N4O2/c28-22(25-17-18-4-3-11-24-16-18)19-7-12-26(13-8-19)21-9-14-27(15-10-21)23(29)20-5-1-2-6-20/h3-5,11,16,19,21H,1-2,6-10,12-15,17H2,(H,25,28). The Labute approximate surface area is 173 Å². The van der Waals surface area contributed by atoms with E-state index < -0.39 is 0 Å². The van der Waals surface area contributed by atoms with Crippen LogP contribution in [0.5, 0.6) is 0 Å². The first kappa shape index (κ1) is 20.1. The highest BCUT2D eigenvalue weighted by Gasteiger charge is 2.32. The van der Waals surface area contributed by atoms with Crippen LogP contribution in [-0.4, -0.2) is 58.8 Å². The van der Waals surface area contributed by atoms with E-state index in [0.29, 0.717) is 12.6 Å². The highest BCUT2D eigenvalue weighted by atomic mass is 16.2. The second-order valence-electron chi connectivity index (χ2n) is 8.53. The fourth-order valence-electron chi connectivity index (χ4n) is 4.87. The first-order valence-corrected chi connectivity index (χ1v) is 11.1. The van der Waals surface area contributed by atoms with Crippen LogP contribution in [0.4, 0.5) is 0 Å². The monoisotopic (exact) mass is 396 g/mol. The number of piperidine rings is 2. The molecule has 3 heterocycles. The summed E-state index contributed by atoms with van der Waals surface area (Å²) in [5, 5.41) is 3.06. The molecule has 29 heavy (non-hydrogen) atoms. The van der Waals surface area contributed by atoms with Crippen LogP contribution < -0.4 is 5.32 Å². The predicted octanol–water partition coefficient (Wildman–Crippen LogP) is 2.51. The Balaban J connectivity index is 1.18. The highest BCUT2D eigenvalue weighted by molar-refractivity contribution is 5.93. The van der Waals surface area contributed by atoms with Gasteiger partial charge < -0.3 is 15.1 Å². The SMILES string of the molecule is O=C(NCc1cccnc1)C1CCN(C2CCN(C(=O)C3=CCCC3)CC2)CC1. The molecule has 2 aliphatic heterocycles. The minimum atomic E-state index is 0.110. The third-order valence-electron chi connectivity index (χ3n) is 6.67. The Bertz CT molecular complexity index is 733. The summed E-state index contributed by atoms with van der Waals surface area (Å²) in [5.74, 6) is 0.544. The summed E-state index contributed by atoms with van der Waals surface area (Å²) < 4.78 is 0. The number of carbonyl (C=O) groups excluding carboxylic acids is 2. The van der Waals surface area contributed by atoms with E-state index in [1.165, 1.54) is 0 Å². The van der Waals surface area contributed by atoms with Crippen molar-refractivity contribution in [2.24, 2.45) is 5.92 Å². The number of pyridine rings is 1. The van der Waals surface area contributed by atoms with Crippen molar-refractivity contribution in [1.82, 2.24) is 20.1 Å². The van der Waals surface area contributed by atoms with Gasteiger partial charge in [-0.05, 0) is 69.7 Å². The quantitative estimate of drug-likeness (QED) is 0.831. The van der Waals surface area contributed by atoms with E-state index in [0.717, 1.165) is 82.3 Å². The predicted molar refractivity (Wildman–Crippen MR) is 112 cm³/mol. The zero-order valence-electron chi connectivity index (χ0n) is 17.2. The second-order valence-corrected chi connectivity index (χ2v) is 8.53. The van der Waals surface area contributed by atoms with Crippen molar-refractivity contribution in [3.8, 4) is 0 Å². The molecule has 0 aromatic carbocycles. The molecule has 3 aliphatic rings. The average Bonchev–Trinajstić information content (AvgIpc) is 3.33. The number of nitrogens with zero attached hydrogens (tertiary/aromatic N) is 3. The van der Waals surface area contributed by atoms with Gasteiger partial charge in [-0.15, -0.1) is 0 Å². The van der Waals surface area contributed by atoms with E-state index in [2.05, 4.69) is 21.3 Å². The van der Waals surface area contributed by atoms with Crippen LogP contribution in [0.3, 0.4) is 0 Å². The Kier molecular flexibility index (Phi) is 6.60. The molecule has 4 rings (SSSR count). The maximum atomic E-state index is 12.6. The van der Waals surface area contributed by atoms with Gasteiger partial charge >= 0.3 is 0 Å². The lowest BCUT2D eigenvalue weighted by Gasteiger charge is -2.41. The minimum Gasteiger partial charge on any atom is -0.352 e. The van der Waals surface area contributed by atoms with Crippen molar-refractivity contribution in [1.29, 1.82) is 0 Å². The number of rotatable bonds is 5. The zero-order chi connectivity index (χ0) is 20.1. The van der Waals surface area contributed by atoms with Gasteiger partial charge in [0.2, 0.25) is 11.8 Å². The molecule has 6 heteroatoms. The third-order valence-corrected chi connectivity index (χ3v) is 6.67. The van der Waals surface area contributed by atoms with Crippen molar-refractivity contribution < 1.29 is 9.59 Å². The molecule has 6 nitrogen and oxygen atoms in total.